The highest BCUT2D eigenvalue weighted by Gasteiger charge is 2.39. The second kappa shape index (κ2) is 9.17. The van der Waals surface area contributed by atoms with Crippen LogP contribution >= 0.6 is 0 Å². The van der Waals surface area contributed by atoms with Gasteiger partial charge in [0.2, 0.25) is 0 Å². The highest BCUT2D eigenvalue weighted by Crippen LogP contribution is 2.36. The first kappa shape index (κ1) is 23.6. The third kappa shape index (κ3) is 6.62. The summed E-state index contributed by atoms with van der Waals surface area (Å²) in [7, 11) is 0. The lowest BCUT2D eigenvalue weighted by molar-refractivity contribution is -0.148. The summed E-state index contributed by atoms with van der Waals surface area (Å²) >= 11 is 0. The number of nitriles is 1. The first-order chi connectivity index (χ1) is 12.8. The van der Waals surface area contributed by atoms with E-state index >= 15 is 0 Å². The van der Waals surface area contributed by atoms with E-state index < -0.39 is 47.7 Å². The van der Waals surface area contributed by atoms with E-state index in [0.29, 0.717) is 11.0 Å². The van der Waals surface area contributed by atoms with Crippen molar-refractivity contribution in [3.63, 3.8) is 0 Å². The number of esters is 1. The lowest BCUT2D eigenvalue weighted by Gasteiger charge is -2.33. The van der Waals surface area contributed by atoms with Crippen molar-refractivity contribution in [2.24, 2.45) is 5.92 Å². The van der Waals surface area contributed by atoms with Crippen LogP contribution in [-0.2, 0) is 15.7 Å². The number of anilines is 1. The van der Waals surface area contributed by atoms with Crippen LogP contribution in [0.5, 0.6) is 0 Å². The van der Waals surface area contributed by atoms with Crippen LogP contribution in [0.4, 0.5) is 32.0 Å². The minimum Gasteiger partial charge on any atom is -0.464 e. The van der Waals surface area contributed by atoms with Gasteiger partial charge in [-0.25, -0.2) is 4.79 Å². The van der Waals surface area contributed by atoms with Crippen LogP contribution in [0.1, 0.15) is 38.3 Å². The number of carbonyl (C=O) groups is 1. The normalized spacial score (nSPS) is 13.2. The summed E-state index contributed by atoms with van der Waals surface area (Å²) in [6.45, 7) is 3.22. The molecule has 0 heterocycles. The van der Waals surface area contributed by atoms with Crippen LogP contribution in [0.25, 0.3) is 0 Å². The summed E-state index contributed by atoms with van der Waals surface area (Å²) < 4.78 is 83.8. The number of benzene rings is 1. The molecular formula is C18H20F6N2O2. The number of rotatable bonds is 7. The Balaban J connectivity index is 3.41. The quantitative estimate of drug-likeness (QED) is 0.473. The summed E-state index contributed by atoms with van der Waals surface area (Å²) in [6, 6.07) is 2.12. The van der Waals surface area contributed by atoms with E-state index in [4.69, 9.17) is 10.00 Å². The molecule has 10 heteroatoms. The fraction of sp³-hybridized carbons (Fsp3) is 0.556. The molecule has 1 unspecified atom stereocenters. The molecule has 0 radical (unpaired) electrons. The molecule has 28 heavy (non-hydrogen) atoms. The van der Waals surface area contributed by atoms with Gasteiger partial charge < -0.3 is 9.64 Å². The van der Waals surface area contributed by atoms with Crippen molar-refractivity contribution in [2.45, 2.75) is 45.6 Å². The highest BCUT2D eigenvalue weighted by molar-refractivity contribution is 5.80. The molecule has 156 valence electrons. The third-order valence-corrected chi connectivity index (χ3v) is 3.70. The van der Waals surface area contributed by atoms with Crippen molar-refractivity contribution >= 4 is 11.7 Å². The van der Waals surface area contributed by atoms with Gasteiger partial charge in [-0.05, 0) is 30.5 Å². The van der Waals surface area contributed by atoms with Gasteiger partial charge in [0.1, 0.15) is 12.6 Å². The van der Waals surface area contributed by atoms with Crippen molar-refractivity contribution in [1.82, 2.24) is 0 Å². The SMILES string of the molecule is CCC(C(=O)OCC(C)C)N(CC(F)(F)F)c1ccc(C#N)c(C(F)(F)F)c1. The Hall–Kier alpha value is -2.44. The molecule has 0 aliphatic heterocycles. The molecule has 1 rings (SSSR count). The zero-order chi connectivity index (χ0) is 21.7. The summed E-state index contributed by atoms with van der Waals surface area (Å²) in [5, 5.41) is 8.85. The lowest BCUT2D eigenvalue weighted by Crippen LogP contribution is -2.47. The van der Waals surface area contributed by atoms with Gasteiger partial charge in [-0.1, -0.05) is 20.8 Å². The van der Waals surface area contributed by atoms with Gasteiger partial charge in [-0.15, -0.1) is 0 Å². The van der Waals surface area contributed by atoms with Gasteiger partial charge in [-0.2, -0.15) is 31.6 Å². The van der Waals surface area contributed by atoms with Crippen LogP contribution in [0, 0.1) is 17.2 Å². The Labute approximate surface area is 158 Å². The molecule has 0 fully saturated rings. The third-order valence-electron chi connectivity index (χ3n) is 3.70. The van der Waals surface area contributed by atoms with E-state index in [-0.39, 0.29) is 18.9 Å². The number of hydrogen-bond acceptors (Lipinski definition) is 4. The van der Waals surface area contributed by atoms with E-state index in [0.717, 1.165) is 12.1 Å². The minimum absolute atomic E-state index is 0.0314. The van der Waals surface area contributed by atoms with Gasteiger partial charge in [-0.3, -0.25) is 0 Å². The van der Waals surface area contributed by atoms with Gasteiger partial charge >= 0.3 is 18.3 Å². The maximum absolute atomic E-state index is 13.2. The fourth-order valence-corrected chi connectivity index (χ4v) is 2.48. The predicted octanol–water partition coefficient (Wildman–Crippen LogP) is 4.92. The van der Waals surface area contributed by atoms with Crippen LogP contribution in [0.2, 0.25) is 0 Å². The smallest absolute Gasteiger partial charge is 0.417 e. The molecule has 0 N–H and O–H groups in total. The first-order valence-corrected chi connectivity index (χ1v) is 8.41. The number of halogens is 6. The number of ether oxygens (including phenoxy) is 1. The maximum atomic E-state index is 13.2. The van der Waals surface area contributed by atoms with E-state index in [1.807, 2.05) is 0 Å². The molecule has 0 saturated heterocycles. The molecule has 0 aromatic heterocycles. The van der Waals surface area contributed by atoms with E-state index in [1.54, 1.807) is 13.8 Å². The van der Waals surface area contributed by atoms with Crippen LogP contribution in [-0.4, -0.2) is 31.3 Å². The number of alkyl halides is 6. The molecule has 0 spiro atoms. The van der Waals surface area contributed by atoms with Crippen LogP contribution in [0.3, 0.4) is 0 Å². The van der Waals surface area contributed by atoms with Crippen molar-refractivity contribution in [3.8, 4) is 6.07 Å². The monoisotopic (exact) mass is 410 g/mol. The molecular weight excluding hydrogens is 390 g/mol. The topological polar surface area (TPSA) is 53.3 Å². The molecule has 0 amide bonds. The fourth-order valence-electron chi connectivity index (χ4n) is 2.48. The van der Waals surface area contributed by atoms with Gasteiger partial charge in [0.25, 0.3) is 0 Å². The molecule has 0 saturated carbocycles. The van der Waals surface area contributed by atoms with E-state index in [9.17, 15) is 31.1 Å². The van der Waals surface area contributed by atoms with Gasteiger partial charge in [0, 0.05) is 5.69 Å². The van der Waals surface area contributed by atoms with E-state index in [1.165, 1.54) is 13.0 Å². The largest absolute Gasteiger partial charge is 0.464 e. The molecule has 0 aliphatic rings. The van der Waals surface area contributed by atoms with Gasteiger partial charge in [0.15, 0.2) is 0 Å². The Kier molecular flexibility index (Phi) is 7.73. The number of carbonyl (C=O) groups excluding carboxylic acids is 1. The molecule has 1 atom stereocenters. The summed E-state index contributed by atoms with van der Waals surface area (Å²) in [5.74, 6) is -1.03. The maximum Gasteiger partial charge on any atom is 0.417 e. The summed E-state index contributed by atoms with van der Waals surface area (Å²) in [6.07, 6.45) is -9.84. The second-order valence-corrected chi connectivity index (χ2v) is 6.53. The average Bonchev–Trinajstić information content (AvgIpc) is 2.57. The van der Waals surface area contributed by atoms with Crippen molar-refractivity contribution in [2.75, 3.05) is 18.1 Å². The van der Waals surface area contributed by atoms with Crippen molar-refractivity contribution in [3.05, 3.63) is 29.3 Å². The first-order valence-electron chi connectivity index (χ1n) is 8.41. The highest BCUT2D eigenvalue weighted by atomic mass is 19.4. The number of hydrogen-bond donors (Lipinski definition) is 0. The summed E-state index contributed by atoms with van der Waals surface area (Å²) in [5.41, 5.74) is -2.57. The van der Waals surface area contributed by atoms with E-state index in [2.05, 4.69) is 0 Å². The second-order valence-electron chi connectivity index (χ2n) is 6.53. The predicted molar refractivity (Wildman–Crippen MR) is 89.4 cm³/mol. The number of nitrogens with zero attached hydrogens (tertiary/aromatic N) is 2. The minimum atomic E-state index is -4.94. The van der Waals surface area contributed by atoms with Crippen LogP contribution < -0.4 is 4.90 Å². The molecule has 4 nitrogen and oxygen atoms in total. The van der Waals surface area contributed by atoms with Gasteiger partial charge in [0.05, 0.1) is 23.8 Å². The van der Waals surface area contributed by atoms with Crippen molar-refractivity contribution < 1.29 is 35.9 Å². The Morgan fingerprint density at radius 3 is 2.25 bits per heavy atom. The standard InChI is InChI=1S/C18H20F6N2O2/c1-4-15(16(27)28-9-11(2)3)26(10-17(19,20)21)13-6-5-12(8-25)14(7-13)18(22,23)24/h5-7,11,15H,4,9-10H2,1-3H3. The Morgan fingerprint density at radius 1 is 1.21 bits per heavy atom. The summed E-state index contributed by atoms with van der Waals surface area (Å²) in [4.78, 5) is 12.8. The van der Waals surface area contributed by atoms with Crippen molar-refractivity contribution in [1.29, 1.82) is 5.26 Å². The Morgan fingerprint density at radius 2 is 1.82 bits per heavy atom. The average molecular weight is 410 g/mol. The Bertz CT molecular complexity index is 722. The lowest BCUT2D eigenvalue weighted by atomic mass is 10.0. The zero-order valence-corrected chi connectivity index (χ0v) is 15.5. The molecule has 0 bridgehead atoms. The molecule has 1 aromatic carbocycles. The zero-order valence-electron chi connectivity index (χ0n) is 15.5. The molecule has 1 aromatic rings. The molecule has 0 aliphatic carbocycles. The van der Waals surface area contributed by atoms with Crippen LogP contribution in [0.15, 0.2) is 18.2 Å².